The van der Waals surface area contributed by atoms with E-state index in [1.807, 2.05) is 13.8 Å². The Morgan fingerprint density at radius 1 is 1.20 bits per heavy atom. The number of nitrogen functional groups attached to an aromatic ring is 1. The zero-order valence-electron chi connectivity index (χ0n) is 31.0. The van der Waals surface area contributed by atoms with Crippen LogP contribution in [0.5, 0.6) is 0 Å². The van der Waals surface area contributed by atoms with Crippen molar-refractivity contribution >= 4 is 29.5 Å². The van der Waals surface area contributed by atoms with Gasteiger partial charge in [-0.05, 0) is 37.8 Å². The van der Waals surface area contributed by atoms with E-state index >= 15 is 0 Å². The smallest absolute Gasteiger partial charge is 0.329 e. The highest BCUT2D eigenvalue weighted by atomic mass is 19.1. The number of cyclic esters (lactones) is 1. The standard InChI is InChI=1S/C37H47FN10O7/c1-22(2)34-24(17-32(51)41-13-15-47-20-27(45-46-47)35-42-12-10-30(39)44-35)8-9-31(50)40-11-4-6-23(3)16-26(49)18-25(38)19-33-43-28(21-54-33)36(52)48-14-5-7-29(48)37(53)55-34/h4,6,8-10,12,16,20-22,24-26,29,34,49H,5,7,11,13-15,17-19H2,1-3H3,(H,40,50)(H,41,51)(H2,39,42,44)/b6-4?,9-8+,23-16?. The van der Waals surface area contributed by atoms with Crippen molar-refractivity contribution in [1.82, 2.24) is 45.5 Å². The van der Waals surface area contributed by atoms with Crippen LogP contribution in [0, 0.1) is 11.8 Å². The maximum Gasteiger partial charge on any atom is 0.329 e. The van der Waals surface area contributed by atoms with Crippen molar-refractivity contribution < 1.29 is 37.8 Å². The lowest BCUT2D eigenvalue weighted by molar-refractivity contribution is -0.159. The first-order valence-corrected chi connectivity index (χ1v) is 18.2. The molecule has 294 valence electrons. The second-order valence-electron chi connectivity index (χ2n) is 13.8. The minimum Gasteiger partial charge on any atom is -0.460 e. The molecule has 2 bridgehead atoms. The molecule has 5 unspecified atom stereocenters. The Bertz CT molecular complexity index is 1910. The first-order chi connectivity index (χ1) is 26.4. The van der Waals surface area contributed by atoms with E-state index in [-0.39, 0.29) is 74.7 Å². The van der Waals surface area contributed by atoms with E-state index in [0.29, 0.717) is 29.9 Å². The maximum atomic E-state index is 14.8. The van der Waals surface area contributed by atoms with Gasteiger partial charge < -0.3 is 35.5 Å². The number of fused-ring (bicyclic) bond motifs is 3. The molecule has 2 aliphatic rings. The van der Waals surface area contributed by atoms with Gasteiger partial charge in [0.25, 0.3) is 5.91 Å². The van der Waals surface area contributed by atoms with Crippen molar-refractivity contribution in [2.24, 2.45) is 11.8 Å². The van der Waals surface area contributed by atoms with Crippen molar-refractivity contribution in [3.05, 3.63) is 72.3 Å². The van der Waals surface area contributed by atoms with Gasteiger partial charge in [-0.1, -0.05) is 48.9 Å². The number of aliphatic hydroxyl groups excluding tert-OH is 1. The predicted octanol–water partition coefficient (Wildman–Crippen LogP) is 2.12. The number of allylic oxidation sites excluding steroid dienone is 2. The molecule has 0 aromatic carbocycles. The van der Waals surface area contributed by atoms with Crippen LogP contribution in [0.2, 0.25) is 0 Å². The molecular weight excluding hydrogens is 715 g/mol. The molecule has 3 aromatic rings. The number of nitrogens with two attached hydrogens (primary N) is 1. The van der Waals surface area contributed by atoms with Crippen LogP contribution in [0.1, 0.15) is 62.8 Å². The molecule has 17 nitrogen and oxygen atoms in total. The molecule has 1 fully saturated rings. The van der Waals surface area contributed by atoms with Gasteiger partial charge in [0.1, 0.15) is 36.1 Å². The summed E-state index contributed by atoms with van der Waals surface area (Å²) in [5.41, 5.74) is 6.73. The number of hydrogen-bond donors (Lipinski definition) is 4. The predicted molar refractivity (Wildman–Crippen MR) is 196 cm³/mol. The number of rotatable bonds is 7. The summed E-state index contributed by atoms with van der Waals surface area (Å²) >= 11 is 0. The molecule has 0 saturated carbocycles. The summed E-state index contributed by atoms with van der Waals surface area (Å²) in [6, 6.07) is 0.620. The average Bonchev–Trinajstić information content (AvgIpc) is 3.92. The number of esters is 1. The van der Waals surface area contributed by atoms with Gasteiger partial charge in [-0.15, -0.1) is 5.10 Å². The molecule has 2 aliphatic heterocycles. The number of alkyl halides is 1. The van der Waals surface area contributed by atoms with E-state index in [4.69, 9.17) is 14.9 Å². The van der Waals surface area contributed by atoms with Crippen LogP contribution in [0.25, 0.3) is 11.5 Å². The quantitative estimate of drug-likeness (QED) is 0.253. The van der Waals surface area contributed by atoms with Crippen LogP contribution >= 0.6 is 0 Å². The van der Waals surface area contributed by atoms with Crippen molar-refractivity contribution in [3.8, 4) is 11.5 Å². The third kappa shape index (κ3) is 11.6. The Hall–Kier alpha value is -5.78. The lowest BCUT2D eigenvalue weighted by atomic mass is 9.89. The number of hydrogen-bond acceptors (Lipinski definition) is 13. The molecular formula is C37H47FN10O7. The van der Waals surface area contributed by atoms with Gasteiger partial charge in [-0.25, -0.2) is 24.1 Å². The Balaban J connectivity index is 1.32. The van der Waals surface area contributed by atoms with Crippen LogP contribution in [0.3, 0.4) is 0 Å². The summed E-state index contributed by atoms with van der Waals surface area (Å²) < 4.78 is 27.8. The SMILES string of the molecule is CC1=CC(O)CC(F)Cc2nc(co2)C(=O)N2CCCC2C(=O)OC(C(C)C)C(CC(=O)NCCn2cc(-c3nccc(N)n3)nn2)/C=C/C(=O)NCC=C1. The van der Waals surface area contributed by atoms with Gasteiger partial charge in [-0.2, -0.15) is 0 Å². The number of nitrogens with one attached hydrogen (secondary N) is 2. The van der Waals surface area contributed by atoms with E-state index in [9.17, 15) is 28.7 Å². The number of oxazole rings is 1. The topological polar surface area (TPSA) is 234 Å². The fourth-order valence-electron chi connectivity index (χ4n) is 6.37. The Kier molecular flexibility index (Phi) is 14.0. The zero-order chi connectivity index (χ0) is 39.5. The average molecular weight is 763 g/mol. The largest absolute Gasteiger partial charge is 0.460 e. The minimum atomic E-state index is -1.51. The molecule has 3 aromatic heterocycles. The zero-order valence-corrected chi connectivity index (χ0v) is 31.0. The fourth-order valence-corrected chi connectivity index (χ4v) is 6.37. The number of carbonyl (C=O) groups excluding carboxylic acids is 4. The second kappa shape index (κ2) is 19.0. The van der Waals surface area contributed by atoms with E-state index in [0.717, 1.165) is 6.26 Å². The lowest BCUT2D eigenvalue weighted by Crippen LogP contribution is -2.44. The Labute approximate surface area is 317 Å². The van der Waals surface area contributed by atoms with Gasteiger partial charge in [0.15, 0.2) is 17.4 Å². The molecule has 0 radical (unpaired) electrons. The minimum absolute atomic E-state index is 0.0117. The highest BCUT2D eigenvalue weighted by Gasteiger charge is 2.39. The lowest BCUT2D eigenvalue weighted by Gasteiger charge is -2.30. The fraction of sp³-hybridized carbons (Fsp3) is 0.486. The summed E-state index contributed by atoms with van der Waals surface area (Å²) in [6.45, 7) is 6.28. The van der Waals surface area contributed by atoms with Crippen molar-refractivity contribution in [1.29, 1.82) is 0 Å². The summed E-state index contributed by atoms with van der Waals surface area (Å²) in [5, 5.41) is 24.1. The Morgan fingerprint density at radius 3 is 2.80 bits per heavy atom. The molecule has 18 heteroatoms. The second-order valence-corrected chi connectivity index (χ2v) is 13.8. The number of aliphatic hydroxyl groups is 1. The van der Waals surface area contributed by atoms with Crippen molar-refractivity contribution in [3.63, 3.8) is 0 Å². The number of nitrogens with zero attached hydrogens (tertiary/aromatic N) is 7. The summed E-state index contributed by atoms with van der Waals surface area (Å²) in [7, 11) is 0. The van der Waals surface area contributed by atoms with Gasteiger partial charge in [0.05, 0.1) is 25.3 Å². The molecule has 5 N–H and O–H groups in total. The number of ether oxygens (including phenoxy) is 1. The third-order valence-corrected chi connectivity index (χ3v) is 9.04. The van der Waals surface area contributed by atoms with Crippen LogP contribution < -0.4 is 16.4 Å². The Morgan fingerprint density at radius 2 is 2.02 bits per heavy atom. The van der Waals surface area contributed by atoms with E-state index in [1.165, 1.54) is 27.9 Å². The van der Waals surface area contributed by atoms with Gasteiger partial charge >= 0.3 is 5.97 Å². The molecule has 5 heterocycles. The highest BCUT2D eigenvalue weighted by Crippen LogP contribution is 2.27. The third-order valence-electron chi connectivity index (χ3n) is 9.04. The number of amides is 3. The van der Waals surface area contributed by atoms with Crippen molar-refractivity contribution in [2.45, 2.75) is 83.8 Å². The van der Waals surface area contributed by atoms with Crippen LogP contribution in [-0.2, 0) is 32.1 Å². The van der Waals surface area contributed by atoms with Crippen LogP contribution in [0.15, 0.2) is 65.1 Å². The number of halogens is 1. The van der Waals surface area contributed by atoms with Gasteiger partial charge in [-0.3, -0.25) is 19.1 Å². The van der Waals surface area contributed by atoms with E-state index < -0.39 is 48.1 Å². The molecule has 55 heavy (non-hydrogen) atoms. The molecule has 5 rings (SSSR count). The molecule has 0 spiro atoms. The summed E-state index contributed by atoms with van der Waals surface area (Å²) in [4.78, 5) is 67.3. The van der Waals surface area contributed by atoms with Crippen LogP contribution in [0.4, 0.5) is 10.2 Å². The first kappa shape index (κ1) is 40.4. The van der Waals surface area contributed by atoms with E-state index in [2.05, 4.69) is 35.9 Å². The van der Waals surface area contributed by atoms with Gasteiger partial charge in [0.2, 0.25) is 11.8 Å². The molecule has 3 amide bonds. The normalized spacial score (nSPS) is 23.8. The summed E-state index contributed by atoms with van der Waals surface area (Å²) in [5.74, 6) is -2.47. The summed E-state index contributed by atoms with van der Waals surface area (Å²) in [6.07, 6.45) is 8.76. The molecule has 5 atom stereocenters. The number of aromatic nitrogens is 6. The molecule has 1 saturated heterocycles. The maximum absolute atomic E-state index is 14.8. The number of carbonyl (C=O) groups is 4. The van der Waals surface area contributed by atoms with Crippen molar-refractivity contribution in [2.75, 3.05) is 25.4 Å². The number of anilines is 1. The van der Waals surface area contributed by atoms with Crippen LogP contribution in [-0.4, -0.2) is 108 Å². The first-order valence-electron chi connectivity index (χ1n) is 18.2. The highest BCUT2D eigenvalue weighted by molar-refractivity contribution is 5.95. The monoisotopic (exact) mass is 762 g/mol. The van der Waals surface area contributed by atoms with Gasteiger partial charge in [0, 0.05) is 44.6 Å². The van der Waals surface area contributed by atoms with E-state index in [1.54, 1.807) is 37.4 Å². The molecule has 0 aliphatic carbocycles.